The molecule has 2 N–H and O–H groups in total. The smallest absolute Gasteiger partial charge is 0.223 e. The van der Waals surface area contributed by atoms with Gasteiger partial charge in [0.25, 0.3) is 0 Å². The second-order valence-corrected chi connectivity index (χ2v) is 3.11. The highest BCUT2D eigenvalue weighted by atomic mass is 16.6. The minimum Gasteiger partial charge on any atom is -0.393 e. The van der Waals surface area contributed by atoms with Gasteiger partial charge in [-0.2, -0.15) is 0 Å². The number of aliphatic hydroxyl groups is 2. The molecule has 0 bridgehead atoms. The van der Waals surface area contributed by atoms with Crippen molar-refractivity contribution in [3.63, 3.8) is 0 Å². The van der Waals surface area contributed by atoms with E-state index in [4.69, 9.17) is 4.74 Å². The van der Waals surface area contributed by atoms with Crippen LogP contribution in [0.25, 0.3) is 0 Å². The van der Waals surface area contributed by atoms with Crippen LogP contribution in [-0.2, 0) is 9.53 Å². The molecule has 0 aliphatic heterocycles. The summed E-state index contributed by atoms with van der Waals surface area (Å²) in [7, 11) is 0. The van der Waals surface area contributed by atoms with Gasteiger partial charge in [-0.15, -0.1) is 0 Å². The van der Waals surface area contributed by atoms with Gasteiger partial charge in [-0.25, -0.2) is 0 Å². The summed E-state index contributed by atoms with van der Waals surface area (Å²) in [5.41, 5.74) is 0. The van der Waals surface area contributed by atoms with E-state index in [1.807, 2.05) is 0 Å². The van der Waals surface area contributed by atoms with Crippen LogP contribution in [0.5, 0.6) is 0 Å². The Balaban J connectivity index is 4.08. The summed E-state index contributed by atoms with van der Waals surface area (Å²) in [5, 5.41) is 18.6. The summed E-state index contributed by atoms with van der Waals surface area (Å²) >= 11 is 0. The van der Waals surface area contributed by atoms with Crippen LogP contribution in [0.4, 0.5) is 0 Å². The standard InChI is InChI=1S/C9H18O4/c1-4-7(10)6-8(11)9(3,12)13-5-2/h7,10,12H,4-6H2,1-3H3. The molecule has 4 heteroatoms. The molecular weight excluding hydrogens is 172 g/mol. The number of ether oxygens (including phenoxy) is 1. The molecule has 0 aromatic heterocycles. The highest BCUT2D eigenvalue weighted by Crippen LogP contribution is 2.12. The molecule has 4 nitrogen and oxygen atoms in total. The molecule has 13 heavy (non-hydrogen) atoms. The van der Waals surface area contributed by atoms with Crippen LogP contribution in [-0.4, -0.2) is 34.5 Å². The van der Waals surface area contributed by atoms with E-state index in [1.165, 1.54) is 6.92 Å². The van der Waals surface area contributed by atoms with Crippen LogP contribution in [0.15, 0.2) is 0 Å². The van der Waals surface area contributed by atoms with Gasteiger partial charge in [-0.1, -0.05) is 6.92 Å². The van der Waals surface area contributed by atoms with E-state index in [9.17, 15) is 15.0 Å². The normalized spacial score (nSPS) is 17.9. The minimum atomic E-state index is -1.76. The Morgan fingerprint density at radius 1 is 1.54 bits per heavy atom. The van der Waals surface area contributed by atoms with Gasteiger partial charge in [0.05, 0.1) is 6.10 Å². The third-order valence-electron chi connectivity index (χ3n) is 1.84. The molecule has 0 fully saturated rings. The Morgan fingerprint density at radius 2 is 2.08 bits per heavy atom. The van der Waals surface area contributed by atoms with Gasteiger partial charge in [0, 0.05) is 13.0 Å². The molecule has 0 saturated heterocycles. The van der Waals surface area contributed by atoms with Crippen molar-refractivity contribution in [2.45, 2.75) is 45.5 Å². The van der Waals surface area contributed by atoms with Crippen molar-refractivity contribution in [2.75, 3.05) is 6.61 Å². The quantitative estimate of drug-likeness (QED) is 0.597. The van der Waals surface area contributed by atoms with Crippen molar-refractivity contribution in [1.29, 1.82) is 0 Å². The molecule has 0 aliphatic rings. The summed E-state index contributed by atoms with van der Waals surface area (Å²) in [6.45, 7) is 5.02. The van der Waals surface area contributed by atoms with Crippen LogP contribution in [0.3, 0.4) is 0 Å². The van der Waals surface area contributed by atoms with Crippen molar-refractivity contribution < 1.29 is 19.7 Å². The molecule has 78 valence electrons. The predicted octanol–water partition coefficient (Wildman–Crippen LogP) is 0.461. The third-order valence-corrected chi connectivity index (χ3v) is 1.84. The number of rotatable bonds is 6. The summed E-state index contributed by atoms with van der Waals surface area (Å²) in [6, 6.07) is 0. The maximum absolute atomic E-state index is 11.3. The molecule has 2 unspecified atom stereocenters. The highest BCUT2D eigenvalue weighted by Gasteiger charge is 2.31. The third kappa shape index (κ3) is 4.36. The number of carbonyl (C=O) groups is 1. The zero-order chi connectivity index (χ0) is 10.5. The van der Waals surface area contributed by atoms with E-state index in [-0.39, 0.29) is 13.0 Å². The monoisotopic (exact) mass is 190 g/mol. The number of ketones is 1. The topological polar surface area (TPSA) is 66.8 Å². The van der Waals surface area contributed by atoms with Crippen LogP contribution < -0.4 is 0 Å². The fraction of sp³-hybridized carbons (Fsp3) is 0.889. The number of carbonyl (C=O) groups excluding carboxylic acids is 1. The first kappa shape index (κ1) is 12.6. The van der Waals surface area contributed by atoms with Crippen LogP contribution in [0.1, 0.15) is 33.6 Å². The number of aliphatic hydroxyl groups excluding tert-OH is 1. The van der Waals surface area contributed by atoms with Crippen molar-refractivity contribution >= 4 is 5.78 Å². The van der Waals surface area contributed by atoms with Gasteiger partial charge < -0.3 is 14.9 Å². The predicted molar refractivity (Wildman–Crippen MR) is 48.2 cm³/mol. The molecule has 0 saturated carbocycles. The average molecular weight is 190 g/mol. The SMILES string of the molecule is CCOC(C)(O)C(=O)CC(O)CC. The summed E-state index contributed by atoms with van der Waals surface area (Å²) in [4.78, 5) is 11.3. The number of hydrogen-bond acceptors (Lipinski definition) is 4. The molecule has 0 rings (SSSR count). The summed E-state index contributed by atoms with van der Waals surface area (Å²) in [5.74, 6) is -2.24. The number of Topliss-reactive ketones (excluding diaryl/α,β-unsaturated/α-hetero) is 1. The van der Waals surface area contributed by atoms with E-state index in [0.29, 0.717) is 6.42 Å². The molecule has 0 spiro atoms. The Labute approximate surface area is 78.5 Å². The lowest BCUT2D eigenvalue weighted by Crippen LogP contribution is -2.39. The maximum Gasteiger partial charge on any atom is 0.223 e. The summed E-state index contributed by atoms with van der Waals surface area (Å²) in [6.07, 6.45) is -0.267. The zero-order valence-electron chi connectivity index (χ0n) is 8.41. The van der Waals surface area contributed by atoms with Crippen molar-refractivity contribution in [3.05, 3.63) is 0 Å². The van der Waals surface area contributed by atoms with E-state index in [0.717, 1.165) is 0 Å². The van der Waals surface area contributed by atoms with Gasteiger partial charge >= 0.3 is 0 Å². The Hall–Kier alpha value is -0.450. The maximum atomic E-state index is 11.3. The second-order valence-electron chi connectivity index (χ2n) is 3.11. The summed E-state index contributed by atoms with van der Waals surface area (Å²) < 4.78 is 4.83. The first-order valence-corrected chi connectivity index (χ1v) is 4.51. The average Bonchev–Trinajstić information content (AvgIpc) is 2.04. The van der Waals surface area contributed by atoms with Gasteiger partial charge in [-0.05, 0) is 20.3 Å². The van der Waals surface area contributed by atoms with Gasteiger partial charge in [0.15, 0.2) is 5.78 Å². The van der Waals surface area contributed by atoms with Crippen LogP contribution in [0.2, 0.25) is 0 Å². The zero-order valence-corrected chi connectivity index (χ0v) is 8.41. The number of hydrogen-bond donors (Lipinski definition) is 2. The fourth-order valence-electron chi connectivity index (χ4n) is 0.909. The Bertz CT molecular complexity index is 165. The molecule has 0 aromatic carbocycles. The van der Waals surface area contributed by atoms with Gasteiger partial charge in [0.2, 0.25) is 5.79 Å². The van der Waals surface area contributed by atoms with E-state index < -0.39 is 17.7 Å². The lowest BCUT2D eigenvalue weighted by molar-refractivity contribution is -0.197. The van der Waals surface area contributed by atoms with Crippen molar-refractivity contribution in [2.24, 2.45) is 0 Å². The van der Waals surface area contributed by atoms with E-state index in [1.54, 1.807) is 13.8 Å². The largest absolute Gasteiger partial charge is 0.393 e. The Kier molecular flexibility index (Phi) is 5.13. The lowest BCUT2D eigenvalue weighted by Gasteiger charge is -2.22. The lowest BCUT2D eigenvalue weighted by atomic mass is 10.1. The molecule has 0 amide bonds. The van der Waals surface area contributed by atoms with Gasteiger partial charge in [0.1, 0.15) is 0 Å². The fourth-order valence-corrected chi connectivity index (χ4v) is 0.909. The first-order chi connectivity index (χ1) is 5.94. The van der Waals surface area contributed by atoms with Crippen molar-refractivity contribution in [1.82, 2.24) is 0 Å². The molecule has 0 radical (unpaired) electrons. The molecule has 0 aromatic rings. The first-order valence-electron chi connectivity index (χ1n) is 4.51. The van der Waals surface area contributed by atoms with Crippen LogP contribution in [0, 0.1) is 0 Å². The van der Waals surface area contributed by atoms with Gasteiger partial charge in [-0.3, -0.25) is 4.79 Å². The molecule has 0 heterocycles. The van der Waals surface area contributed by atoms with Crippen LogP contribution >= 0.6 is 0 Å². The van der Waals surface area contributed by atoms with Crippen molar-refractivity contribution in [3.8, 4) is 0 Å². The Morgan fingerprint density at radius 3 is 2.46 bits per heavy atom. The minimum absolute atomic E-state index is 0.0660. The molecule has 0 aliphatic carbocycles. The molecular formula is C9H18O4. The molecule has 2 atom stereocenters. The second kappa shape index (κ2) is 5.32. The van der Waals surface area contributed by atoms with E-state index in [2.05, 4.69) is 0 Å². The highest BCUT2D eigenvalue weighted by molar-refractivity contribution is 5.85. The van der Waals surface area contributed by atoms with E-state index >= 15 is 0 Å².